The summed E-state index contributed by atoms with van der Waals surface area (Å²) >= 11 is 0. The van der Waals surface area contributed by atoms with Crippen LogP contribution >= 0.6 is 0 Å². The normalized spacial score (nSPS) is 42.0. The molecule has 4 saturated carbocycles. The Morgan fingerprint density at radius 3 is 2.32 bits per heavy atom. The first-order valence-electron chi connectivity index (χ1n) is 14.1. The topological polar surface area (TPSA) is 167 Å². The minimum absolute atomic E-state index is 0.00808. The van der Waals surface area contributed by atoms with Crippen LogP contribution in [0.1, 0.15) is 85.0 Å². The number of rotatable bonds is 9. The summed E-state index contributed by atoms with van der Waals surface area (Å²) in [6.45, 7) is 6.77. The van der Waals surface area contributed by atoms with Crippen LogP contribution in [0, 0.1) is 46.3 Å². The molecule has 0 aromatic rings. The summed E-state index contributed by atoms with van der Waals surface area (Å²) < 4.78 is 67.2. The van der Waals surface area contributed by atoms with Crippen LogP contribution in [-0.4, -0.2) is 61.5 Å². The van der Waals surface area contributed by atoms with Gasteiger partial charge in [-0.2, -0.15) is 16.8 Å². The third-order valence-electron chi connectivity index (χ3n) is 11.2. The molecule has 4 aliphatic carbocycles. The second-order valence-corrected chi connectivity index (χ2v) is 15.7. The molecule has 38 heavy (non-hydrogen) atoms. The van der Waals surface area contributed by atoms with Crippen LogP contribution in [0.5, 0.6) is 0 Å². The molecule has 0 heterocycles. The number of hydrogen-bond acceptors (Lipinski definition) is 7. The molecular weight excluding hydrogens is 534 g/mol. The third kappa shape index (κ3) is 6.25. The van der Waals surface area contributed by atoms with E-state index >= 15 is 0 Å². The van der Waals surface area contributed by atoms with E-state index in [-0.39, 0.29) is 35.1 Å². The van der Waals surface area contributed by atoms with Crippen molar-refractivity contribution in [2.75, 3.05) is 12.3 Å². The maximum absolute atomic E-state index is 12.2. The van der Waals surface area contributed by atoms with Gasteiger partial charge in [0.1, 0.15) is 0 Å². The summed E-state index contributed by atoms with van der Waals surface area (Å²) in [4.78, 5) is 12.2. The number of amides is 1. The summed E-state index contributed by atoms with van der Waals surface area (Å²) in [6, 6.07) is 0. The van der Waals surface area contributed by atoms with Crippen molar-refractivity contribution in [1.82, 2.24) is 5.32 Å². The van der Waals surface area contributed by atoms with E-state index in [1.54, 1.807) is 0 Å². The van der Waals surface area contributed by atoms with Crippen LogP contribution in [0.25, 0.3) is 0 Å². The molecule has 0 aliphatic heterocycles. The zero-order chi connectivity index (χ0) is 28.1. The number of fused-ring (bicyclic) bond motifs is 5. The highest BCUT2D eigenvalue weighted by molar-refractivity contribution is 7.85. The Kier molecular flexibility index (Phi) is 8.65. The summed E-state index contributed by atoms with van der Waals surface area (Å²) in [5.41, 5.74) is 0.0889. The Bertz CT molecular complexity index is 1100. The van der Waals surface area contributed by atoms with Crippen LogP contribution in [0.4, 0.5) is 0 Å². The zero-order valence-electron chi connectivity index (χ0n) is 22.7. The first-order chi connectivity index (χ1) is 17.5. The lowest BCUT2D eigenvalue weighted by Gasteiger charge is -2.62. The van der Waals surface area contributed by atoms with Crippen molar-refractivity contribution in [2.45, 2.75) is 97.2 Å². The Balaban J connectivity index is 1.39. The molecule has 4 rings (SSSR count). The fourth-order valence-corrected chi connectivity index (χ4v) is 10.3. The number of aliphatic hydroxyl groups excluding tert-OH is 1. The molecule has 4 fully saturated rings. The molecule has 0 radical (unpaired) electrons. The SMILES string of the molecule is C[C@H](CCC(=O)NCCS(=O)(=O)O)[C@H]1CC[C@H]2[C@@H]3[C@H](O)C[C@@H]4C[C@H](OS(=O)(=O)O)CC[C@]4(C)[C@H]3CC[C@]12C. The van der Waals surface area contributed by atoms with Crippen LogP contribution in [0.3, 0.4) is 0 Å². The van der Waals surface area contributed by atoms with Crippen molar-refractivity contribution in [2.24, 2.45) is 46.3 Å². The van der Waals surface area contributed by atoms with Gasteiger partial charge in [-0.1, -0.05) is 20.8 Å². The summed E-state index contributed by atoms with van der Waals surface area (Å²) in [7, 11) is -8.59. The fraction of sp³-hybridized carbons (Fsp3) is 0.962. The predicted octanol–water partition coefficient (Wildman–Crippen LogP) is 3.22. The van der Waals surface area contributed by atoms with Crippen molar-refractivity contribution in [1.29, 1.82) is 0 Å². The first kappa shape index (κ1) is 30.2. The quantitative estimate of drug-likeness (QED) is 0.300. The van der Waals surface area contributed by atoms with Gasteiger partial charge in [0.15, 0.2) is 0 Å². The van der Waals surface area contributed by atoms with E-state index in [4.69, 9.17) is 13.3 Å². The first-order valence-corrected chi connectivity index (χ1v) is 17.1. The van der Waals surface area contributed by atoms with Gasteiger partial charge in [-0.05, 0) is 104 Å². The van der Waals surface area contributed by atoms with E-state index in [0.717, 1.165) is 32.1 Å². The summed E-state index contributed by atoms with van der Waals surface area (Å²) in [5, 5.41) is 14.0. The van der Waals surface area contributed by atoms with Crippen LogP contribution in [0.15, 0.2) is 0 Å². The predicted molar refractivity (Wildman–Crippen MR) is 141 cm³/mol. The maximum atomic E-state index is 12.2. The van der Waals surface area contributed by atoms with Crippen molar-refractivity contribution >= 4 is 26.4 Å². The smallest absolute Gasteiger partial charge is 0.393 e. The van der Waals surface area contributed by atoms with Gasteiger partial charge in [0.05, 0.1) is 18.0 Å². The Labute approximate surface area is 227 Å². The van der Waals surface area contributed by atoms with Crippen LogP contribution in [-0.2, 0) is 29.5 Å². The number of carbonyl (C=O) groups excluding carboxylic acids is 1. The summed E-state index contributed by atoms with van der Waals surface area (Å²) in [6.07, 6.45) is 6.79. The highest BCUT2D eigenvalue weighted by Crippen LogP contribution is 2.68. The van der Waals surface area contributed by atoms with Crippen molar-refractivity contribution < 1.29 is 40.0 Å². The maximum Gasteiger partial charge on any atom is 0.397 e. The molecular formula is C26H45NO9S2. The van der Waals surface area contributed by atoms with Gasteiger partial charge in [0, 0.05) is 13.0 Å². The van der Waals surface area contributed by atoms with E-state index in [0.29, 0.717) is 55.8 Å². The number of aliphatic hydroxyl groups is 1. The second-order valence-electron chi connectivity index (χ2n) is 13.1. The Hall–Kier alpha value is -0.790. The van der Waals surface area contributed by atoms with Crippen molar-refractivity contribution in [3.63, 3.8) is 0 Å². The molecule has 4 N–H and O–H groups in total. The van der Waals surface area contributed by atoms with E-state index < -0.39 is 38.5 Å². The molecule has 10 atom stereocenters. The lowest BCUT2D eigenvalue weighted by molar-refractivity contribution is -0.172. The molecule has 0 aromatic heterocycles. The lowest BCUT2D eigenvalue weighted by atomic mass is 9.43. The molecule has 1 amide bonds. The minimum Gasteiger partial charge on any atom is -0.393 e. The molecule has 0 spiro atoms. The summed E-state index contributed by atoms with van der Waals surface area (Å²) in [5.74, 6) is 1.17. The zero-order valence-corrected chi connectivity index (χ0v) is 24.3. The van der Waals surface area contributed by atoms with E-state index in [1.165, 1.54) is 0 Å². The molecule has 0 unspecified atom stereocenters. The van der Waals surface area contributed by atoms with Crippen molar-refractivity contribution in [3.05, 3.63) is 0 Å². The van der Waals surface area contributed by atoms with Gasteiger partial charge in [-0.15, -0.1) is 0 Å². The molecule has 10 nitrogen and oxygen atoms in total. The van der Waals surface area contributed by atoms with Crippen molar-refractivity contribution in [3.8, 4) is 0 Å². The second kappa shape index (κ2) is 10.9. The monoisotopic (exact) mass is 579 g/mol. The lowest BCUT2D eigenvalue weighted by Crippen LogP contribution is -2.58. The Morgan fingerprint density at radius 1 is 1.00 bits per heavy atom. The largest absolute Gasteiger partial charge is 0.397 e. The van der Waals surface area contributed by atoms with Gasteiger partial charge in [-0.25, -0.2) is 4.18 Å². The van der Waals surface area contributed by atoms with Gasteiger partial charge >= 0.3 is 10.4 Å². The van der Waals surface area contributed by atoms with Gasteiger partial charge < -0.3 is 10.4 Å². The molecule has 0 bridgehead atoms. The van der Waals surface area contributed by atoms with Gasteiger partial charge in [-0.3, -0.25) is 13.9 Å². The van der Waals surface area contributed by atoms with Crippen LogP contribution in [0.2, 0.25) is 0 Å². The highest BCUT2D eigenvalue weighted by atomic mass is 32.3. The average molecular weight is 580 g/mol. The van der Waals surface area contributed by atoms with Gasteiger partial charge in [0.2, 0.25) is 5.91 Å². The fourth-order valence-electron chi connectivity index (χ4n) is 9.39. The standard InChI is InChI=1S/C26H45NO9S2/c1-16(4-7-23(29)27-12-13-37(30,31)32)19-5-6-20-24-21(9-11-26(19,20)3)25(2)10-8-18(36-38(33,34)35)14-17(25)15-22(24)28/h16-22,24,28H,4-15H2,1-3H3,(H,27,29)(H,30,31,32)(H,33,34,35)/t16-,17+,18-,19-,20+,21+,22-,24+,25+,26-/m1/s1. The average Bonchev–Trinajstić information content (AvgIpc) is 3.14. The molecule has 0 saturated heterocycles. The minimum atomic E-state index is -4.50. The third-order valence-corrected chi connectivity index (χ3v) is 12.4. The molecule has 0 aromatic carbocycles. The van der Waals surface area contributed by atoms with E-state index in [9.17, 15) is 26.7 Å². The molecule has 220 valence electrons. The number of nitrogens with one attached hydrogen (secondary N) is 1. The van der Waals surface area contributed by atoms with E-state index in [2.05, 4.69) is 26.1 Å². The van der Waals surface area contributed by atoms with Crippen LogP contribution < -0.4 is 5.32 Å². The Morgan fingerprint density at radius 2 is 1.66 bits per heavy atom. The van der Waals surface area contributed by atoms with E-state index in [1.807, 2.05) is 0 Å². The van der Waals surface area contributed by atoms with Gasteiger partial charge in [0.25, 0.3) is 10.1 Å². The highest BCUT2D eigenvalue weighted by Gasteiger charge is 2.63. The number of hydrogen-bond donors (Lipinski definition) is 4. The number of carbonyl (C=O) groups is 1. The molecule has 12 heteroatoms. The molecule has 4 aliphatic rings.